The van der Waals surface area contributed by atoms with Gasteiger partial charge >= 0.3 is 0 Å². The van der Waals surface area contributed by atoms with Gasteiger partial charge in [-0.2, -0.15) is 5.10 Å². The number of aromatic nitrogens is 2. The maximum absolute atomic E-state index is 4.01. The van der Waals surface area contributed by atoms with Gasteiger partial charge in [-0.05, 0) is 13.0 Å². The van der Waals surface area contributed by atoms with Crippen molar-refractivity contribution in [3.63, 3.8) is 0 Å². The van der Waals surface area contributed by atoms with Crippen LogP contribution in [0.5, 0.6) is 0 Å². The van der Waals surface area contributed by atoms with Gasteiger partial charge in [0, 0.05) is 12.1 Å². The van der Waals surface area contributed by atoms with Crippen LogP contribution in [-0.2, 0) is 13.0 Å². The molecule has 0 fully saturated rings. The molecule has 0 aromatic carbocycles. The van der Waals surface area contributed by atoms with Crippen LogP contribution in [0.15, 0.2) is 0 Å². The number of H-pyrrole nitrogens is 1. The average Bonchev–Trinajstić information content (AvgIpc) is 2.33. The van der Waals surface area contributed by atoms with Gasteiger partial charge in [-0.25, -0.2) is 0 Å². The van der Waals surface area contributed by atoms with E-state index in [1.54, 1.807) is 0 Å². The summed E-state index contributed by atoms with van der Waals surface area (Å²) in [4.78, 5) is 0. The summed E-state index contributed by atoms with van der Waals surface area (Å²) in [5.74, 6) is 0. The monoisotopic (exact) mass is 122 g/mol. The molecule has 3 heteroatoms. The fourth-order valence-corrected chi connectivity index (χ4v) is 1.08. The van der Waals surface area contributed by atoms with Gasteiger partial charge in [-0.15, -0.1) is 0 Å². The normalized spacial score (nSPS) is 17.3. The highest BCUT2D eigenvalue weighted by molar-refractivity contribution is 5.17. The first-order valence-electron chi connectivity index (χ1n) is 3.11. The van der Waals surface area contributed by atoms with Gasteiger partial charge < -0.3 is 5.32 Å². The summed E-state index contributed by atoms with van der Waals surface area (Å²) in [6.07, 6.45) is 4.04. The van der Waals surface area contributed by atoms with E-state index in [0.717, 1.165) is 25.2 Å². The molecule has 1 aliphatic heterocycles. The van der Waals surface area contributed by atoms with Crippen molar-refractivity contribution in [3.05, 3.63) is 17.5 Å². The lowest BCUT2D eigenvalue weighted by atomic mass is 10.1. The van der Waals surface area contributed by atoms with Gasteiger partial charge in [-0.1, -0.05) is 0 Å². The molecule has 3 nitrogen and oxygen atoms in total. The van der Waals surface area contributed by atoms with Crippen molar-refractivity contribution in [3.8, 4) is 0 Å². The Morgan fingerprint density at radius 3 is 3.44 bits per heavy atom. The fourth-order valence-electron chi connectivity index (χ4n) is 1.08. The Balaban J connectivity index is 2.39. The number of nitrogens with zero attached hydrogens (tertiary/aromatic N) is 1. The lowest BCUT2D eigenvalue weighted by molar-refractivity contribution is 0.632. The van der Waals surface area contributed by atoms with E-state index in [1.165, 1.54) is 5.56 Å². The molecule has 1 radical (unpaired) electrons. The second-order valence-corrected chi connectivity index (χ2v) is 2.20. The molecule has 0 amide bonds. The lowest BCUT2D eigenvalue weighted by Gasteiger charge is -2.09. The minimum atomic E-state index is 0.898. The van der Waals surface area contributed by atoms with Crippen molar-refractivity contribution in [2.75, 3.05) is 6.54 Å². The average molecular weight is 122 g/mol. The molecule has 0 spiro atoms. The highest BCUT2D eigenvalue weighted by Crippen LogP contribution is 2.07. The third kappa shape index (κ3) is 0.733. The summed E-state index contributed by atoms with van der Waals surface area (Å²) in [5, 5.41) is 9.96. The summed E-state index contributed by atoms with van der Waals surface area (Å²) in [5.41, 5.74) is 2.37. The quantitative estimate of drug-likeness (QED) is 0.502. The predicted octanol–water partition coefficient (Wildman–Crippen LogP) is -0.144. The maximum atomic E-state index is 4.01. The number of hydrogen-bond donors (Lipinski definition) is 2. The van der Waals surface area contributed by atoms with Crippen LogP contribution in [-0.4, -0.2) is 16.7 Å². The van der Waals surface area contributed by atoms with Crippen LogP contribution < -0.4 is 5.32 Å². The zero-order chi connectivity index (χ0) is 6.10. The Hall–Kier alpha value is -0.830. The number of rotatable bonds is 0. The van der Waals surface area contributed by atoms with Gasteiger partial charge in [-0.3, -0.25) is 5.10 Å². The van der Waals surface area contributed by atoms with E-state index >= 15 is 0 Å². The van der Waals surface area contributed by atoms with Gasteiger partial charge in [0.1, 0.15) is 0 Å². The molecule has 47 valence electrons. The van der Waals surface area contributed by atoms with Crippen LogP contribution in [0, 0.1) is 6.20 Å². The first-order valence-corrected chi connectivity index (χ1v) is 3.11. The maximum Gasteiger partial charge on any atom is 0.0867 e. The topological polar surface area (TPSA) is 40.7 Å². The van der Waals surface area contributed by atoms with Crippen LogP contribution in [0.25, 0.3) is 0 Å². The Bertz CT molecular complexity index is 183. The second-order valence-electron chi connectivity index (χ2n) is 2.20. The minimum absolute atomic E-state index is 0.898. The minimum Gasteiger partial charge on any atom is -0.311 e. The molecule has 2 heterocycles. The first kappa shape index (κ1) is 4.99. The smallest absolute Gasteiger partial charge is 0.0867 e. The van der Waals surface area contributed by atoms with Gasteiger partial charge in [0.15, 0.2) is 0 Å². The standard InChI is InChI=1S/C6H8N3/c1-2-7-4-6-5(1)3-8-9-6/h7H,1-2,4H2,(H,8,9). The Kier molecular flexibility index (Phi) is 1.02. The molecular formula is C6H8N3. The van der Waals surface area contributed by atoms with Crippen molar-refractivity contribution < 1.29 is 0 Å². The summed E-state index contributed by atoms with van der Waals surface area (Å²) in [7, 11) is 0. The summed E-state index contributed by atoms with van der Waals surface area (Å²) < 4.78 is 0. The van der Waals surface area contributed by atoms with Crippen LogP contribution in [0.1, 0.15) is 11.3 Å². The largest absolute Gasteiger partial charge is 0.311 e. The third-order valence-corrected chi connectivity index (χ3v) is 1.59. The second kappa shape index (κ2) is 1.84. The van der Waals surface area contributed by atoms with E-state index in [1.807, 2.05) is 0 Å². The Labute approximate surface area is 53.5 Å². The van der Waals surface area contributed by atoms with Crippen molar-refractivity contribution in [2.24, 2.45) is 0 Å². The molecule has 0 unspecified atom stereocenters. The molecular weight excluding hydrogens is 114 g/mol. The summed E-state index contributed by atoms with van der Waals surface area (Å²) in [6.45, 7) is 1.96. The molecule has 1 aromatic rings. The molecule has 0 bridgehead atoms. The van der Waals surface area contributed by atoms with Gasteiger partial charge in [0.05, 0.1) is 11.9 Å². The molecule has 9 heavy (non-hydrogen) atoms. The van der Waals surface area contributed by atoms with Crippen LogP contribution >= 0.6 is 0 Å². The van der Waals surface area contributed by atoms with Crippen molar-refractivity contribution in [1.82, 2.24) is 15.5 Å². The van der Waals surface area contributed by atoms with Crippen LogP contribution in [0.4, 0.5) is 0 Å². The highest BCUT2D eigenvalue weighted by atomic mass is 15.1. The van der Waals surface area contributed by atoms with E-state index in [4.69, 9.17) is 0 Å². The highest BCUT2D eigenvalue weighted by Gasteiger charge is 2.09. The van der Waals surface area contributed by atoms with E-state index in [-0.39, 0.29) is 0 Å². The Morgan fingerprint density at radius 1 is 1.56 bits per heavy atom. The first-order chi connectivity index (χ1) is 4.47. The van der Waals surface area contributed by atoms with Crippen molar-refractivity contribution in [1.29, 1.82) is 0 Å². The molecule has 0 atom stereocenters. The van der Waals surface area contributed by atoms with Gasteiger partial charge in [0.25, 0.3) is 0 Å². The molecule has 2 N–H and O–H groups in total. The van der Waals surface area contributed by atoms with Crippen molar-refractivity contribution in [2.45, 2.75) is 13.0 Å². The summed E-state index contributed by atoms with van der Waals surface area (Å²) in [6, 6.07) is 0. The van der Waals surface area contributed by atoms with E-state index in [9.17, 15) is 0 Å². The SMILES string of the molecule is [c]1[nH]nc2c1CCNC2. The molecule has 2 rings (SSSR count). The van der Waals surface area contributed by atoms with Crippen molar-refractivity contribution >= 4 is 0 Å². The zero-order valence-corrected chi connectivity index (χ0v) is 5.07. The van der Waals surface area contributed by atoms with Crippen LogP contribution in [0.2, 0.25) is 0 Å². The molecule has 0 saturated carbocycles. The zero-order valence-electron chi connectivity index (χ0n) is 5.07. The van der Waals surface area contributed by atoms with E-state index < -0.39 is 0 Å². The van der Waals surface area contributed by atoms with Gasteiger partial charge in [0.2, 0.25) is 0 Å². The number of aromatic amines is 1. The fraction of sp³-hybridized carbons (Fsp3) is 0.500. The predicted molar refractivity (Wildman–Crippen MR) is 32.8 cm³/mol. The molecule has 0 aliphatic carbocycles. The molecule has 1 aliphatic rings. The number of fused-ring (bicyclic) bond motifs is 1. The van der Waals surface area contributed by atoms with E-state index in [0.29, 0.717) is 0 Å². The molecule has 1 aromatic heterocycles. The van der Waals surface area contributed by atoms with E-state index in [2.05, 4.69) is 21.7 Å². The molecule has 0 saturated heterocycles. The van der Waals surface area contributed by atoms with Crippen LogP contribution in [0.3, 0.4) is 0 Å². The third-order valence-electron chi connectivity index (χ3n) is 1.59. The Morgan fingerprint density at radius 2 is 2.56 bits per heavy atom. The lowest BCUT2D eigenvalue weighted by Crippen LogP contribution is -2.22. The summed E-state index contributed by atoms with van der Waals surface area (Å²) >= 11 is 0. The number of hydrogen-bond acceptors (Lipinski definition) is 2. The number of nitrogens with one attached hydrogen (secondary N) is 2.